The van der Waals surface area contributed by atoms with E-state index in [0.29, 0.717) is 11.6 Å². The lowest BCUT2D eigenvalue weighted by Gasteiger charge is -2.27. The number of rotatable bonds is 7. The molecular formula is C28H38N2O2S. The molecule has 1 aromatic heterocycles. The minimum atomic E-state index is -0.186. The van der Waals surface area contributed by atoms with E-state index in [4.69, 9.17) is 9.40 Å². The average Bonchev–Trinajstić information content (AvgIpc) is 3.16. The van der Waals surface area contributed by atoms with Crippen molar-refractivity contribution in [3.8, 4) is 17.2 Å². The fraction of sp³-hybridized carbons (Fsp3) is 0.464. The Hall–Kier alpha value is -2.24. The van der Waals surface area contributed by atoms with Crippen molar-refractivity contribution in [2.45, 2.75) is 70.2 Å². The molecule has 33 heavy (non-hydrogen) atoms. The van der Waals surface area contributed by atoms with E-state index in [0.717, 1.165) is 41.1 Å². The molecular weight excluding hydrogens is 428 g/mol. The molecule has 0 aliphatic rings. The zero-order chi connectivity index (χ0) is 24.4. The van der Waals surface area contributed by atoms with Gasteiger partial charge in [0.1, 0.15) is 12.0 Å². The molecule has 3 rings (SSSR count). The van der Waals surface area contributed by atoms with Gasteiger partial charge in [0, 0.05) is 40.3 Å². The van der Waals surface area contributed by atoms with E-state index in [2.05, 4.69) is 84.8 Å². The molecule has 3 aromatic rings. The van der Waals surface area contributed by atoms with Crippen LogP contribution < -0.4 is 0 Å². The Labute approximate surface area is 203 Å². The van der Waals surface area contributed by atoms with Crippen LogP contribution in [0.2, 0.25) is 0 Å². The number of oxazole rings is 1. The lowest BCUT2D eigenvalue weighted by molar-refractivity contribution is 0.402. The van der Waals surface area contributed by atoms with Crippen molar-refractivity contribution in [1.82, 2.24) is 9.88 Å². The number of aromatic nitrogens is 1. The van der Waals surface area contributed by atoms with Gasteiger partial charge in [-0.05, 0) is 54.8 Å². The highest BCUT2D eigenvalue weighted by molar-refractivity contribution is 7.99. The van der Waals surface area contributed by atoms with Gasteiger partial charge >= 0.3 is 0 Å². The highest BCUT2D eigenvalue weighted by Gasteiger charge is 2.27. The van der Waals surface area contributed by atoms with Crippen LogP contribution in [0.3, 0.4) is 0 Å². The molecule has 0 radical (unpaired) electrons. The van der Waals surface area contributed by atoms with Gasteiger partial charge in [-0.15, -0.1) is 11.8 Å². The standard InChI is InChI=1S/C28H38N2O2S/c1-27(2,3)23-15-20(16-24(25(23)31)28(4,5)6)26-29-21(18-32-26)13-14-33-22-11-9-19(10-12-22)17-30(7)8/h9-12,15-16,18,31H,13-14,17H2,1-8H3. The van der Waals surface area contributed by atoms with Gasteiger partial charge in [-0.25, -0.2) is 4.98 Å². The Morgan fingerprint density at radius 3 is 2.03 bits per heavy atom. The van der Waals surface area contributed by atoms with E-state index < -0.39 is 0 Å². The third-order valence-electron chi connectivity index (χ3n) is 5.57. The summed E-state index contributed by atoms with van der Waals surface area (Å²) in [4.78, 5) is 8.21. The molecule has 1 heterocycles. The Bertz CT molecular complexity index is 1040. The topological polar surface area (TPSA) is 49.5 Å². The van der Waals surface area contributed by atoms with Crippen LogP contribution in [0.4, 0.5) is 0 Å². The predicted molar refractivity (Wildman–Crippen MR) is 139 cm³/mol. The smallest absolute Gasteiger partial charge is 0.226 e. The Morgan fingerprint density at radius 1 is 0.939 bits per heavy atom. The van der Waals surface area contributed by atoms with Crippen LogP contribution >= 0.6 is 11.8 Å². The first-order valence-corrected chi connectivity index (χ1v) is 12.5. The third-order valence-corrected chi connectivity index (χ3v) is 6.59. The zero-order valence-corrected chi connectivity index (χ0v) is 22.1. The predicted octanol–water partition coefficient (Wildman–Crippen LogP) is 7.04. The van der Waals surface area contributed by atoms with Crippen molar-refractivity contribution < 1.29 is 9.52 Å². The molecule has 0 saturated heterocycles. The molecule has 0 atom stereocenters. The van der Waals surface area contributed by atoms with Crippen LogP contribution in [-0.2, 0) is 23.8 Å². The van der Waals surface area contributed by atoms with Crippen molar-refractivity contribution in [1.29, 1.82) is 0 Å². The Balaban J connectivity index is 1.73. The minimum absolute atomic E-state index is 0.186. The normalized spacial score (nSPS) is 12.5. The summed E-state index contributed by atoms with van der Waals surface area (Å²) >= 11 is 1.83. The summed E-state index contributed by atoms with van der Waals surface area (Å²) in [5.41, 5.74) is 4.64. The van der Waals surface area contributed by atoms with Gasteiger partial charge in [-0.2, -0.15) is 0 Å². The zero-order valence-electron chi connectivity index (χ0n) is 21.3. The third kappa shape index (κ3) is 6.64. The molecule has 0 aliphatic heterocycles. The number of aromatic hydroxyl groups is 1. The van der Waals surface area contributed by atoms with Crippen LogP contribution in [0.5, 0.6) is 5.75 Å². The maximum absolute atomic E-state index is 11.0. The van der Waals surface area contributed by atoms with Crippen LogP contribution in [0.15, 0.2) is 52.0 Å². The summed E-state index contributed by atoms with van der Waals surface area (Å²) in [6, 6.07) is 12.8. The fourth-order valence-corrected chi connectivity index (χ4v) is 4.66. The summed E-state index contributed by atoms with van der Waals surface area (Å²) in [6.07, 6.45) is 2.60. The molecule has 0 saturated carbocycles. The summed E-state index contributed by atoms with van der Waals surface area (Å²) in [7, 11) is 4.17. The fourth-order valence-electron chi connectivity index (χ4n) is 3.79. The molecule has 0 unspecified atom stereocenters. The van der Waals surface area contributed by atoms with Crippen LogP contribution in [0.1, 0.15) is 63.9 Å². The first kappa shape index (κ1) is 25.4. The monoisotopic (exact) mass is 466 g/mol. The van der Waals surface area contributed by atoms with Crippen molar-refractivity contribution in [3.05, 3.63) is 65.0 Å². The quantitative estimate of drug-likeness (QED) is 0.379. The summed E-state index contributed by atoms with van der Waals surface area (Å²) in [5, 5.41) is 11.0. The number of aryl methyl sites for hydroxylation is 1. The van der Waals surface area contributed by atoms with Gasteiger partial charge in [0.2, 0.25) is 5.89 Å². The van der Waals surface area contributed by atoms with E-state index in [1.54, 1.807) is 6.26 Å². The molecule has 178 valence electrons. The molecule has 2 aromatic carbocycles. The first-order chi connectivity index (χ1) is 15.3. The van der Waals surface area contributed by atoms with Crippen LogP contribution in [-0.4, -0.2) is 34.8 Å². The van der Waals surface area contributed by atoms with Gasteiger partial charge in [-0.3, -0.25) is 0 Å². The number of thioether (sulfide) groups is 1. The minimum Gasteiger partial charge on any atom is -0.507 e. The van der Waals surface area contributed by atoms with Gasteiger partial charge in [0.05, 0.1) is 5.69 Å². The van der Waals surface area contributed by atoms with Gasteiger partial charge < -0.3 is 14.4 Å². The number of hydrogen-bond acceptors (Lipinski definition) is 5. The second-order valence-electron chi connectivity index (χ2n) is 11.0. The average molecular weight is 467 g/mol. The molecule has 0 amide bonds. The van der Waals surface area contributed by atoms with Crippen molar-refractivity contribution >= 4 is 11.8 Å². The summed E-state index contributed by atoms with van der Waals surface area (Å²) in [5.74, 6) is 1.92. The maximum atomic E-state index is 11.0. The largest absolute Gasteiger partial charge is 0.507 e. The molecule has 0 fully saturated rings. The lowest BCUT2D eigenvalue weighted by atomic mass is 9.78. The van der Waals surface area contributed by atoms with Gasteiger partial charge in [0.25, 0.3) is 0 Å². The Kier molecular flexibility index (Phi) is 7.65. The summed E-state index contributed by atoms with van der Waals surface area (Å²) < 4.78 is 5.87. The second kappa shape index (κ2) is 9.94. The number of hydrogen-bond donors (Lipinski definition) is 1. The highest BCUT2D eigenvalue weighted by atomic mass is 32.2. The number of nitrogens with zero attached hydrogens (tertiary/aromatic N) is 2. The number of phenols is 1. The second-order valence-corrected chi connectivity index (χ2v) is 12.2. The molecule has 4 nitrogen and oxygen atoms in total. The SMILES string of the molecule is CN(C)Cc1ccc(SCCc2coc(-c3cc(C(C)(C)C)c(O)c(C(C)(C)C)c3)n2)cc1. The molecule has 5 heteroatoms. The van der Waals surface area contributed by atoms with E-state index in [1.807, 2.05) is 23.9 Å². The van der Waals surface area contributed by atoms with E-state index in [9.17, 15) is 5.11 Å². The van der Waals surface area contributed by atoms with E-state index in [-0.39, 0.29) is 10.8 Å². The molecule has 1 N–H and O–H groups in total. The van der Waals surface area contributed by atoms with Gasteiger partial charge in [0.15, 0.2) is 0 Å². The van der Waals surface area contributed by atoms with Crippen molar-refractivity contribution in [3.63, 3.8) is 0 Å². The van der Waals surface area contributed by atoms with Crippen molar-refractivity contribution in [2.24, 2.45) is 0 Å². The molecule has 0 bridgehead atoms. The Morgan fingerprint density at radius 2 is 1.52 bits per heavy atom. The number of benzene rings is 2. The lowest BCUT2D eigenvalue weighted by Crippen LogP contribution is -2.17. The summed E-state index contributed by atoms with van der Waals surface area (Å²) in [6.45, 7) is 13.6. The van der Waals surface area contributed by atoms with E-state index >= 15 is 0 Å². The van der Waals surface area contributed by atoms with Crippen LogP contribution in [0.25, 0.3) is 11.5 Å². The maximum Gasteiger partial charge on any atom is 0.226 e. The molecule has 0 aliphatic carbocycles. The first-order valence-electron chi connectivity index (χ1n) is 11.5. The van der Waals surface area contributed by atoms with Crippen molar-refractivity contribution in [2.75, 3.05) is 19.8 Å². The van der Waals surface area contributed by atoms with E-state index in [1.165, 1.54) is 10.5 Å². The molecule has 0 spiro atoms. The van der Waals surface area contributed by atoms with Crippen LogP contribution in [0, 0.1) is 0 Å². The number of phenolic OH excluding ortho intramolecular Hbond substituents is 1. The highest BCUT2D eigenvalue weighted by Crippen LogP contribution is 2.41. The van der Waals surface area contributed by atoms with Gasteiger partial charge in [-0.1, -0.05) is 53.7 Å².